The summed E-state index contributed by atoms with van der Waals surface area (Å²) in [6, 6.07) is 67.7. The van der Waals surface area contributed by atoms with Crippen molar-refractivity contribution in [2.45, 2.75) is 0 Å². The number of hydrogen-bond acceptors (Lipinski definition) is 1. The van der Waals surface area contributed by atoms with E-state index in [2.05, 4.69) is 193 Å². The Morgan fingerprint density at radius 2 is 0.756 bits per heavy atom. The fraction of sp³-hybridized carbons (Fsp3) is 0. The molecule has 0 fully saturated rings. The first kappa shape index (κ1) is 26.7. The minimum atomic E-state index is 1.12. The second-order valence-electron chi connectivity index (χ2n) is 11.4. The van der Waals surface area contributed by atoms with Crippen molar-refractivity contribution in [3.8, 4) is 33.4 Å². The summed E-state index contributed by atoms with van der Waals surface area (Å²) in [6.45, 7) is 0. The molecule has 8 aromatic rings. The molecule has 0 radical (unpaired) electrons. The molecule has 0 spiro atoms. The Morgan fingerprint density at radius 3 is 1.38 bits per heavy atom. The third kappa shape index (κ3) is 5.05. The van der Waals surface area contributed by atoms with Crippen LogP contribution >= 0.6 is 0 Å². The second kappa shape index (κ2) is 11.6. The van der Waals surface area contributed by atoms with Crippen molar-refractivity contribution in [1.82, 2.24) is 0 Å². The summed E-state index contributed by atoms with van der Waals surface area (Å²) in [5.41, 5.74) is 10.7. The number of hydrogen-bond donors (Lipinski definition) is 0. The smallest absolute Gasteiger partial charge is 0.0540 e. The summed E-state index contributed by atoms with van der Waals surface area (Å²) in [5.74, 6) is 0. The summed E-state index contributed by atoms with van der Waals surface area (Å²) in [4.78, 5) is 2.42. The van der Waals surface area contributed by atoms with Gasteiger partial charge in [0.15, 0.2) is 0 Å². The van der Waals surface area contributed by atoms with Crippen LogP contribution in [0.2, 0.25) is 0 Å². The molecule has 0 aromatic heterocycles. The molecule has 0 aliphatic heterocycles. The summed E-state index contributed by atoms with van der Waals surface area (Å²) < 4.78 is 0. The van der Waals surface area contributed by atoms with Gasteiger partial charge in [-0.3, -0.25) is 0 Å². The molecular weight excluding hydrogens is 542 g/mol. The van der Waals surface area contributed by atoms with Crippen molar-refractivity contribution in [2.24, 2.45) is 0 Å². The number of nitrogens with zero attached hydrogens (tertiary/aromatic N) is 1. The Kier molecular flexibility index (Phi) is 6.90. The maximum Gasteiger partial charge on any atom is 0.0540 e. The molecule has 0 atom stereocenters. The molecule has 0 aliphatic rings. The third-order valence-corrected chi connectivity index (χ3v) is 8.64. The monoisotopic (exact) mass is 573 g/mol. The number of anilines is 3. The van der Waals surface area contributed by atoms with Crippen LogP contribution in [0.5, 0.6) is 0 Å². The molecule has 0 heterocycles. The highest BCUT2D eigenvalue weighted by Crippen LogP contribution is 2.43. The predicted molar refractivity (Wildman–Crippen MR) is 192 cm³/mol. The van der Waals surface area contributed by atoms with Gasteiger partial charge in [-0.2, -0.15) is 0 Å². The van der Waals surface area contributed by atoms with Crippen LogP contribution in [0.3, 0.4) is 0 Å². The quantitative estimate of drug-likeness (QED) is 0.191. The fourth-order valence-corrected chi connectivity index (χ4v) is 6.49. The molecule has 0 saturated heterocycles. The Balaban J connectivity index is 1.33. The van der Waals surface area contributed by atoms with E-state index in [1.165, 1.54) is 54.9 Å². The Labute approximate surface area is 264 Å². The standard InChI is InChI=1S/C44H31N/c1-3-14-32(15-4-1)39-29-28-37(31-42(39)35-16-5-2-6-17-35)36-22-11-23-38(30-36)45(43-26-12-20-33-18-7-9-24-40(33)43)44-27-13-21-34-19-8-10-25-41(34)44/h1-31H. The van der Waals surface area contributed by atoms with E-state index in [1.807, 2.05) is 0 Å². The van der Waals surface area contributed by atoms with Gasteiger partial charge in [-0.25, -0.2) is 0 Å². The van der Waals surface area contributed by atoms with Gasteiger partial charge < -0.3 is 4.90 Å². The van der Waals surface area contributed by atoms with Crippen LogP contribution in [-0.2, 0) is 0 Å². The zero-order valence-corrected chi connectivity index (χ0v) is 24.8. The fourth-order valence-electron chi connectivity index (χ4n) is 6.49. The highest BCUT2D eigenvalue weighted by atomic mass is 15.1. The Hall–Kier alpha value is -5.92. The molecule has 212 valence electrons. The molecule has 0 saturated carbocycles. The molecule has 8 aromatic carbocycles. The van der Waals surface area contributed by atoms with E-state index in [0.717, 1.165) is 17.1 Å². The molecule has 45 heavy (non-hydrogen) atoms. The van der Waals surface area contributed by atoms with Crippen molar-refractivity contribution in [3.63, 3.8) is 0 Å². The lowest BCUT2D eigenvalue weighted by molar-refractivity contribution is 1.31. The van der Waals surface area contributed by atoms with E-state index in [1.54, 1.807) is 0 Å². The maximum absolute atomic E-state index is 2.42. The second-order valence-corrected chi connectivity index (χ2v) is 11.4. The maximum atomic E-state index is 2.42. The molecule has 1 nitrogen and oxygen atoms in total. The van der Waals surface area contributed by atoms with Gasteiger partial charge in [0.25, 0.3) is 0 Å². The van der Waals surface area contributed by atoms with E-state index in [0.29, 0.717) is 0 Å². The molecule has 0 aliphatic carbocycles. The van der Waals surface area contributed by atoms with Crippen molar-refractivity contribution < 1.29 is 0 Å². The van der Waals surface area contributed by atoms with Crippen molar-refractivity contribution >= 4 is 38.6 Å². The summed E-state index contributed by atoms with van der Waals surface area (Å²) in [5, 5.41) is 4.88. The van der Waals surface area contributed by atoms with E-state index < -0.39 is 0 Å². The lowest BCUT2D eigenvalue weighted by Crippen LogP contribution is -2.11. The van der Waals surface area contributed by atoms with Gasteiger partial charge in [0.2, 0.25) is 0 Å². The van der Waals surface area contributed by atoms with E-state index in [-0.39, 0.29) is 0 Å². The summed E-state index contributed by atoms with van der Waals surface area (Å²) in [7, 11) is 0. The number of benzene rings is 8. The van der Waals surface area contributed by atoms with Crippen LogP contribution in [0.4, 0.5) is 17.1 Å². The van der Waals surface area contributed by atoms with Crippen molar-refractivity contribution in [2.75, 3.05) is 4.90 Å². The zero-order chi connectivity index (χ0) is 30.0. The Morgan fingerprint density at radius 1 is 0.289 bits per heavy atom. The van der Waals surface area contributed by atoms with Gasteiger partial charge in [-0.15, -0.1) is 0 Å². The van der Waals surface area contributed by atoms with Gasteiger partial charge in [-0.1, -0.05) is 158 Å². The first-order chi connectivity index (χ1) is 22.3. The average molecular weight is 574 g/mol. The molecule has 0 unspecified atom stereocenters. The molecule has 1 heteroatoms. The van der Waals surface area contributed by atoms with Gasteiger partial charge in [0.05, 0.1) is 11.4 Å². The van der Waals surface area contributed by atoms with Crippen LogP contribution in [0.1, 0.15) is 0 Å². The minimum Gasteiger partial charge on any atom is -0.309 e. The van der Waals surface area contributed by atoms with Crippen LogP contribution in [0.25, 0.3) is 54.9 Å². The van der Waals surface area contributed by atoms with Gasteiger partial charge in [0.1, 0.15) is 0 Å². The molecular formula is C44H31N. The van der Waals surface area contributed by atoms with Gasteiger partial charge >= 0.3 is 0 Å². The summed E-state index contributed by atoms with van der Waals surface area (Å²) >= 11 is 0. The molecule has 0 N–H and O–H groups in total. The van der Waals surface area contributed by atoms with Gasteiger partial charge in [-0.05, 0) is 74.5 Å². The topological polar surface area (TPSA) is 3.24 Å². The first-order valence-electron chi connectivity index (χ1n) is 15.4. The van der Waals surface area contributed by atoms with Crippen LogP contribution in [0, 0.1) is 0 Å². The first-order valence-corrected chi connectivity index (χ1v) is 15.4. The van der Waals surface area contributed by atoms with Crippen LogP contribution in [-0.4, -0.2) is 0 Å². The molecule has 0 amide bonds. The van der Waals surface area contributed by atoms with Crippen LogP contribution < -0.4 is 4.90 Å². The minimum absolute atomic E-state index is 1.12. The summed E-state index contributed by atoms with van der Waals surface area (Å²) in [6.07, 6.45) is 0. The predicted octanol–water partition coefficient (Wildman–Crippen LogP) is 12.5. The average Bonchev–Trinajstić information content (AvgIpc) is 3.12. The largest absolute Gasteiger partial charge is 0.309 e. The van der Waals surface area contributed by atoms with Crippen molar-refractivity contribution in [3.05, 3.63) is 188 Å². The lowest BCUT2D eigenvalue weighted by atomic mass is 9.91. The van der Waals surface area contributed by atoms with E-state index in [9.17, 15) is 0 Å². The molecule has 0 bridgehead atoms. The zero-order valence-electron chi connectivity index (χ0n) is 24.8. The SMILES string of the molecule is c1ccc(-c2ccc(-c3cccc(N(c4cccc5ccccc45)c4cccc5ccccc45)c3)cc2-c2ccccc2)cc1. The number of fused-ring (bicyclic) bond motifs is 2. The highest BCUT2D eigenvalue weighted by molar-refractivity contribution is 6.05. The molecule has 8 rings (SSSR count). The van der Waals surface area contributed by atoms with Gasteiger partial charge in [0, 0.05) is 16.5 Å². The van der Waals surface area contributed by atoms with E-state index >= 15 is 0 Å². The Bertz CT molecular complexity index is 2180. The lowest BCUT2D eigenvalue weighted by Gasteiger charge is -2.28. The van der Waals surface area contributed by atoms with Crippen LogP contribution in [0.15, 0.2) is 188 Å². The third-order valence-electron chi connectivity index (χ3n) is 8.64. The normalized spacial score (nSPS) is 11.1. The highest BCUT2D eigenvalue weighted by Gasteiger charge is 2.18. The van der Waals surface area contributed by atoms with E-state index in [4.69, 9.17) is 0 Å². The van der Waals surface area contributed by atoms with Crippen molar-refractivity contribution in [1.29, 1.82) is 0 Å². The number of rotatable bonds is 6.